The van der Waals surface area contributed by atoms with Crippen LogP contribution in [-0.4, -0.2) is 52.8 Å². The number of methoxy groups -OCH3 is 2. The molecule has 0 unspecified atom stereocenters. The van der Waals surface area contributed by atoms with E-state index in [1.165, 1.54) is 17.2 Å². The van der Waals surface area contributed by atoms with Gasteiger partial charge in [-0.05, 0) is 53.4 Å². The predicted molar refractivity (Wildman–Crippen MR) is 132 cm³/mol. The number of hydrogen-bond acceptors (Lipinski definition) is 6. The van der Waals surface area contributed by atoms with Crippen LogP contribution in [0.5, 0.6) is 11.5 Å². The standard InChI is InChI=1S/C19H21NO4.C6H3Cl2NO2/c1-23-17-9-14-6-7-20(12-16(14)10-18(17)24-2)11-13-4-3-5-15(8-13)19(21)22;7-4-1-3(6(10)11)2-9-5(4)8/h3-5,8-10H,6-7,11-12H2,1-2H3,(H,21,22);1-2H,(H,10,11). The van der Waals surface area contributed by atoms with Crippen molar-refractivity contribution in [2.75, 3.05) is 20.8 Å². The highest BCUT2D eigenvalue weighted by Crippen LogP contribution is 2.33. The summed E-state index contributed by atoms with van der Waals surface area (Å²) >= 11 is 10.9. The largest absolute Gasteiger partial charge is 0.493 e. The van der Waals surface area contributed by atoms with Crippen LogP contribution in [0.2, 0.25) is 10.2 Å². The van der Waals surface area contributed by atoms with Gasteiger partial charge in [-0.3, -0.25) is 4.90 Å². The quantitative estimate of drug-likeness (QED) is 0.436. The summed E-state index contributed by atoms with van der Waals surface area (Å²) in [6.45, 7) is 2.47. The minimum Gasteiger partial charge on any atom is -0.493 e. The molecule has 3 aromatic rings. The molecular weight excluding hydrogens is 495 g/mol. The van der Waals surface area contributed by atoms with Gasteiger partial charge in [-0.25, -0.2) is 14.6 Å². The Morgan fingerprint density at radius 1 is 0.971 bits per heavy atom. The van der Waals surface area contributed by atoms with Crippen molar-refractivity contribution in [2.45, 2.75) is 19.5 Å². The minimum atomic E-state index is -1.07. The Bertz CT molecular complexity index is 1230. The van der Waals surface area contributed by atoms with E-state index < -0.39 is 11.9 Å². The number of nitrogens with zero attached hydrogens (tertiary/aromatic N) is 2. The van der Waals surface area contributed by atoms with Crippen LogP contribution in [0.3, 0.4) is 0 Å². The van der Waals surface area contributed by atoms with Gasteiger partial charge in [-0.15, -0.1) is 0 Å². The molecule has 0 atom stereocenters. The number of fused-ring (bicyclic) bond motifs is 1. The highest BCUT2D eigenvalue weighted by molar-refractivity contribution is 6.41. The molecule has 0 amide bonds. The van der Waals surface area contributed by atoms with Crippen LogP contribution in [0, 0.1) is 0 Å². The summed E-state index contributed by atoms with van der Waals surface area (Å²) in [5, 5.41) is 17.8. The van der Waals surface area contributed by atoms with E-state index in [2.05, 4.69) is 16.0 Å². The molecular formula is C25H24Cl2N2O6. The summed E-state index contributed by atoms with van der Waals surface area (Å²) in [5.74, 6) is -0.460. The lowest BCUT2D eigenvalue weighted by molar-refractivity contribution is 0.0685. The lowest BCUT2D eigenvalue weighted by Gasteiger charge is -2.29. The monoisotopic (exact) mass is 518 g/mol. The molecule has 1 aliphatic rings. The third kappa shape index (κ3) is 6.85. The van der Waals surface area contributed by atoms with Crippen LogP contribution in [0.1, 0.15) is 37.4 Å². The second kappa shape index (κ2) is 11.9. The lowest BCUT2D eigenvalue weighted by Crippen LogP contribution is -2.30. The Morgan fingerprint density at radius 3 is 2.23 bits per heavy atom. The smallest absolute Gasteiger partial charge is 0.337 e. The number of benzene rings is 2. The second-order valence-electron chi connectivity index (χ2n) is 7.74. The number of rotatable bonds is 6. The number of aromatic nitrogens is 1. The molecule has 1 aromatic heterocycles. The number of ether oxygens (including phenoxy) is 2. The van der Waals surface area contributed by atoms with Crippen molar-refractivity contribution in [1.82, 2.24) is 9.88 Å². The first-order valence-electron chi connectivity index (χ1n) is 10.5. The van der Waals surface area contributed by atoms with Crippen LogP contribution in [0.4, 0.5) is 0 Å². The van der Waals surface area contributed by atoms with Crippen LogP contribution in [0.25, 0.3) is 0 Å². The Balaban J connectivity index is 0.000000261. The van der Waals surface area contributed by atoms with Gasteiger partial charge in [0, 0.05) is 25.8 Å². The van der Waals surface area contributed by atoms with Gasteiger partial charge in [0.2, 0.25) is 0 Å². The van der Waals surface area contributed by atoms with E-state index in [1.807, 2.05) is 12.1 Å². The zero-order valence-corrected chi connectivity index (χ0v) is 20.6. The number of hydrogen-bond donors (Lipinski definition) is 2. The zero-order valence-electron chi connectivity index (χ0n) is 19.1. The van der Waals surface area contributed by atoms with Crippen molar-refractivity contribution in [2.24, 2.45) is 0 Å². The average molecular weight is 519 g/mol. The van der Waals surface area contributed by atoms with Crippen LogP contribution in [-0.2, 0) is 19.5 Å². The molecule has 35 heavy (non-hydrogen) atoms. The van der Waals surface area contributed by atoms with Gasteiger partial charge in [0.1, 0.15) is 5.15 Å². The Hall–Kier alpha value is -3.33. The van der Waals surface area contributed by atoms with E-state index >= 15 is 0 Å². The summed E-state index contributed by atoms with van der Waals surface area (Å²) in [6.07, 6.45) is 2.09. The third-order valence-corrected chi connectivity index (χ3v) is 6.11. The zero-order chi connectivity index (χ0) is 25.5. The first-order chi connectivity index (χ1) is 16.7. The summed E-state index contributed by atoms with van der Waals surface area (Å²) in [6, 6.07) is 12.5. The molecule has 0 saturated heterocycles. The molecule has 8 nitrogen and oxygen atoms in total. The fraction of sp³-hybridized carbons (Fsp3) is 0.240. The Kier molecular flexibility index (Phi) is 8.92. The number of aromatic carboxylic acids is 2. The molecule has 0 saturated carbocycles. The average Bonchev–Trinajstić information content (AvgIpc) is 2.85. The third-order valence-electron chi connectivity index (χ3n) is 5.42. The normalized spacial score (nSPS) is 12.7. The molecule has 2 heterocycles. The maximum absolute atomic E-state index is 11.1. The van der Waals surface area contributed by atoms with E-state index in [-0.39, 0.29) is 15.7 Å². The first-order valence-corrected chi connectivity index (χ1v) is 11.3. The van der Waals surface area contributed by atoms with Crippen LogP contribution >= 0.6 is 23.2 Å². The number of carbonyl (C=O) groups is 2. The van der Waals surface area contributed by atoms with E-state index in [0.29, 0.717) is 5.56 Å². The van der Waals surface area contributed by atoms with Gasteiger partial charge in [-0.2, -0.15) is 0 Å². The molecule has 10 heteroatoms. The van der Waals surface area contributed by atoms with E-state index in [4.69, 9.17) is 42.9 Å². The molecule has 2 aromatic carbocycles. The molecule has 1 aliphatic heterocycles. The van der Waals surface area contributed by atoms with Gasteiger partial charge in [0.25, 0.3) is 0 Å². The molecule has 2 N–H and O–H groups in total. The van der Waals surface area contributed by atoms with Gasteiger partial charge in [0.15, 0.2) is 11.5 Å². The maximum atomic E-state index is 11.1. The first kappa shape index (κ1) is 26.3. The van der Waals surface area contributed by atoms with E-state index in [0.717, 1.165) is 49.3 Å². The fourth-order valence-corrected chi connectivity index (χ4v) is 3.95. The molecule has 0 radical (unpaired) electrons. The van der Waals surface area contributed by atoms with Crippen LogP contribution < -0.4 is 9.47 Å². The van der Waals surface area contributed by atoms with Gasteiger partial charge >= 0.3 is 11.9 Å². The van der Waals surface area contributed by atoms with Gasteiger partial charge in [0.05, 0.1) is 30.4 Å². The van der Waals surface area contributed by atoms with Crippen molar-refractivity contribution in [3.05, 3.63) is 86.7 Å². The SMILES string of the molecule is COc1cc2c(cc1OC)CN(Cc1cccc(C(=O)O)c1)CC2.O=C(O)c1cnc(Cl)c(Cl)c1. The highest BCUT2D eigenvalue weighted by Gasteiger charge is 2.20. The topological polar surface area (TPSA) is 109 Å². The molecule has 4 rings (SSSR count). The summed E-state index contributed by atoms with van der Waals surface area (Å²) in [5.41, 5.74) is 3.88. The number of pyridine rings is 1. The summed E-state index contributed by atoms with van der Waals surface area (Å²) in [4.78, 5) is 27.3. The molecule has 0 spiro atoms. The Morgan fingerprint density at radius 2 is 1.63 bits per heavy atom. The number of carboxylic acid groups (broad SMARTS) is 2. The predicted octanol–water partition coefficient (Wildman–Crippen LogP) is 5.05. The van der Waals surface area contributed by atoms with Crippen molar-refractivity contribution in [3.63, 3.8) is 0 Å². The van der Waals surface area contributed by atoms with Crippen LogP contribution in [0.15, 0.2) is 48.7 Å². The van der Waals surface area contributed by atoms with Crippen molar-refractivity contribution >= 4 is 35.1 Å². The van der Waals surface area contributed by atoms with Gasteiger partial charge in [-0.1, -0.05) is 35.3 Å². The highest BCUT2D eigenvalue weighted by atomic mass is 35.5. The van der Waals surface area contributed by atoms with E-state index in [1.54, 1.807) is 32.4 Å². The Labute approximate surface area is 212 Å². The molecule has 184 valence electrons. The molecule has 0 aliphatic carbocycles. The summed E-state index contributed by atoms with van der Waals surface area (Å²) < 4.78 is 10.8. The summed E-state index contributed by atoms with van der Waals surface area (Å²) in [7, 11) is 3.29. The molecule has 0 fully saturated rings. The van der Waals surface area contributed by atoms with Crippen molar-refractivity contribution in [1.29, 1.82) is 0 Å². The second-order valence-corrected chi connectivity index (χ2v) is 8.51. The maximum Gasteiger partial charge on any atom is 0.337 e. The number of carboxylic acids is 2. The van der Waals surface area contributed by atoms with Crippen molar-refractivity contribution < 1.29 is 29.3 Å². The van der Waals surface area contributed by atoms with E-state index in [9.17, 15) is 9.59 Å². The lowest BCUT2D eigenvalue weighted by atomic mass is 9.98. The molecule has 0 bridgehead atoms. The van der Waals surface area contributed by atoms with Gasteiger partial charge < -0.3 is 19.7 Å². The number of halogens is 2. The van der Waals surface area contributed by atoms with Crippen molar-refractivity contribution in [3.8, 4) is 11.5 Å². The minimum absolute atomic E-state index is 0.0272. The fourth-order valence-electron chi connectivity index (χ4n) is 3.68.